The van der Waals surface area contributed by atoms with Gasteiger partial charge < -0.3 is 5.32 Å². The third kappa shape index (κ3) is 3.59. The van der Waals surface area contributed by atoms with Crippen LogP contribution in [-0.2, 0) is 6.54 Å². The Morgan fingerprint density at radius 1 is 1.25 bits per heavy atom. The number of carbonyl (C=O) groups excluding carboxylic acids is 1. The van der Waals surface area contributed by atoms with E-state index in [0.29, 0.717) is 12.2 Å². The van der Waals surface area contributed by atoms with E-state index in [9.17, 15) is 4.79 Å². The van der Waals surface area contributed by atoms with Crippen molar-refractivity contribution in [3.8, 4) is 0 Å². The molecule has 0 aliphatic carbocycles. The highest BCUT2D eigenvalue weighted by Gasteiger charge is 2.19. The Hall–Kier alpha value is -2.31. The number of aromatic nitrogens is 5. The Bertz CT molecular complexity index is 549. The van der Waals surface area contributed by atoms with Crippen molar-refractivity contribution in [2.75, 3.05) is 0 Å². The molecule has 0 saturated carbocycles. The van der Waals surface area contributed by atoms with Crippen LogP contribution in [0.1, 0.15) is 30.0 Å². The monoisotopic (exact) mass is 274 g/mol. The molecule has 1 atom stereocenters. The van der Waals surface area contributed by atoms with E-state index in [1.54, 1.807) is 23.4 Å². The van der Waals surface area contributed by atoms with Gasteiger partial charge in [0.2, 0.25) is 0 Å². The average molecular weight is 274 g/mol. The zero-order valence-electron chi connectivity index (χ0n) is 11.8. The van der Waals surface area contributed by atoms with E-state index in [1.807, 2.05) is 20.8 Å². The lowest BCUT2D eigenvalue weighted by atomic mass is 10.0. The van der Waals surface area contributed by atoms with Gasteiger partial charge in [-0.2, -0.15) is 15.0 Å². The Kier molecular flexibility index (Phi) is 4.39. The van der Waals surface area contributed by atoms with Gasteiger partial charge in [-0.25, -0.2) is 4.98 Å². The molecule has 0 aliphatic rings. The zero-order valence-corrected chi connectivity index (χ0v) is 11.8. The summed E-state index contributed by atoms with van der Waals surface area (Å²) < 4.78 is 0. The highest BCUT2D eigenvalue weighted by molar-refractivity contribution is 5.92. The predicted molar refractivity (Wildman–Crippen MR) is 72.9 cm³/mol. The van der Waals surface area contributed by atoms with Gasteiger partial charge in [-0.3, -0.25) is 9.78 Å². The summed E-state index contributed by atoms with van der Waals surface area (Å²) in [5, 5.41) is 11.1. The van der Waals surface area contributed by atoms with Crippen molar-refractivity contribution < 1.29 is 4.79 Å². The average Bonchev–Trinajstić information content (AvgIpc) is 2.91. The molecule has 2 aromatic rings. The van der Waals surface area contributed by atoms with E-state index >= 15 is 0 Å². The van der Waals surface area contributed by atoms with E-state index < -0.39 is 0 Å². The molecule has 2 aromatic heterocycles. The smallest absolute Gasteiger partial charge is 0.271 e. The first-order valence-corrected chi connectivity index (χ1v) is 6.50. The van der Waals surface area contributed by atoms with Crippen LogP contribution >= 0.6 is 0 Å². The number of nitrogens with zero attached hydrogens (tertiary/aromatic N) is 5. The molecule has 1 N–H and O–H groups in total. The summed E-state index contributed by atoms with van der Waals surface area (Å²) in [4.78, 5) is 21.8. The van der Waals surface area contributed by atoms with E-state index in [-0.39, 0.29) is 17.9 Å². The van der Waals surface area contributed by atoms with Crippen molar-refractivity contribution in [1.82, 2.24) is 30.3 Å². The van der Waals surface area contributed by atoms with Gasteiger partial charge in [-0.1, -0.05) is 13.8 Å². The summed E-state index contributed by atoms with van der Waals surface area (Å²) in [6, 6.07) is -0.0713. The van der Waals surface area contributed by atoms with Gasteiger partial charge in [0.05, 0.1) is 36.9 Å². The van der Waals surface area contributed by atoms with Crippen LogP contribution in [0.3, 0.4) is 0 Å². The van der Waals surface area contributed by atoms with Crippen LogP contribution < -0.4 is 5.32 Å². The molecule has 20 heavy (non-hydrogen) atoms. The fraction of sp³-hybridized carbons (Fsp3) is 0.462. The van der Waals surface area contributed by atoms with Crippen LogP contribution in [0.5, 0.6) is 0 Å². The molecule has 0 bridgehead atoms. The minimum Gasteiger partial charge on any atom is -0.346 e. The first-order chi connectivity index (χ1) is 9.56. The van der Waals surface area contributed by atoms with Gasteiger partial charge in [0.15, 0.2) is 0 Å². The maximum atomic E-state index is 12.1. The molecule has 0 radical (unpaired) electrons. The summed E-state index contributed by atoms with van der Waals surface area (Å²) in [6.45, 7) is 6.43. The lowest BCUT2D eigenvalue weighted by molar-refractivity contribution is 0.0912. The minimum absolute atomic E-state index is 0.0713. The number of nitrogens with one attached hydrogen (secondary N) is 1. The Balaban J connectivity index is 2.04. The maximum Gasteiger partial charge on any atom is 0.271 e. The second-order valence-electron chi connectivity index (χ2n) is 4.95. The molecule has 0 aliphatic heterocycles. The lowest BCUT2D eigenvalue weighted by Crippen LogP contribution is -2.42. The SMILES string of the molecule is Cc1cnc(C(=O)N[C@H](Cn2nccn2)C(C)C)cn1. The van der Waals surface area contributed by atoms with Crippen LogP contribution in [0.2, 0.25) is 0 Å². The zero-order chi connectivity index (χ0) is 14.5. The van der Waals surface area contributed by atoms with Crippen LogP contribution in [-0.4, -0.2) is 36.9 Å². The molecule has 0 spiro atoms. The maximum absolute atomic E-state index is 12.1. The van der Waals surface area contributed by atoms with Gasteiger partial charge in [-0.15, -0.1) is 0 Å². The second-order valence-corrected chi connectivity index (χ2v) is 4.95. The Morgan fingerprint density at radius 2 is 1.95 bits per heavy atom. The molecule has 7 heteroatoms. The summed E-state index contributed by atoms with van der Waals surface area (Å²) in [7, 11) is 0. The fourth-order valence-corrected chi connectivity index (χ4v) is 1.69. The number of rotatable bonds is 5. The molecule has 0 saturated heterocycles. The molecule has 2 rings (SSSR count). The molecule has 2 heterocycles. The highest BCUT2D eigenvalue weighted by Crippen LogP contribution is 2.05. The first kappa shape index (κ1) is 14.1. The Labute approximate surface area is 117 Å². The largest absolute Gasteiger partial charge is 0.346 e. The Morgan fingerprint density at radius 3 is 2.50 bits per heavy atom. The molecule has 0 unspecified atom stereocenters. The van der Waals surface area contributed by atoms with Crippen molar-refractivity contribution in [1.29, 1.82) is 0 Å². The van der Waals surface area contributed by atoms with Crippen molar-refractivity contribution in [2.45, 2.75) is 33.4 Å². The van der Waals surface area contributed by atoms with Crippen LogP contribution in [0.15, 0.2) is 24.8 Å². The van der Waals surface area contributed by atoms with Gasteiger partial charge in [0, 0.05) is 6.20 Å². The topological polar surface area (TPSA) is 85.6 Å². The van der Waals surface area contributed by atoms with Gasteiger partial charge in [0.1, 0.15) is 5.69 Å². The second kappa shape index (κ2) is 6.23. The summed E-state index contributed by atoms with van der Waals surface area (Å²) in [6.07, 6.45) is 6.29. The first-order valence-electron chi connectivity index (χ1n) is 6.50. The number of carbonyl (C=O) groups is 1. The summed E-state index contributed by atoms with van der Waals surface area (Å²) >= 11 is 0. The van der Waals surface area contributed by atoms with Crippen molar-refractivity contribution in [3.05, 3.63) is 36.2 Å². The predicted octanol–water partition coefficient (Wildman–Crippen LogP) is 0.831. The van der Waals surface area contributed by atoms with E-state index in [2.05, 4.69) is 25.5 Å². The van der Waals surface area contributed by atoms with Crippen molar-refractivity contribution >= 4 is 5.91 Å². The fourth-order valence-electron chi connectivity index (χ4n) is 1.69. The molecular formula is C13H18N6O. The van der Waals surface area contributed by atoms with Gasteiger partial charge >= 0.3 is 0 Å². The molecule has 106 valence electrons. The number of hydrogen-bond acceptors (Lipinski definition) is 5. The third-order valence-electron chi connectivity index (χ3n) is 2.96. The highest BCUT2D eigenvalue weighted by atomic mass is 16.2. The molecule has 1 amide bonds. The summed E-state index contributed by atoms with van der Waals surface area (Å²) in [5.74, 6) is 0.0201. The van der Waals surface area contributed by atoms with E-state index in [0.717, 1.165) is 5.69 Å². The molecule has 7 nitrogen and oxygen atoms in total. The van der Waals surface area contributed by atoms with E-state index in [1.165, 1.54) is 6.20 Å². The number of hydrogen-bond donors (Lipinski definition) is 1. The van der Waals surface area contributed by atoms with Crippen LogP contribution in [0.25, 0.3) is 0 Å². The molecule has 0 fully saturated rings. The third-order valence-corrected chi connectivity index (χ3v) is 2.96. The van der Waals surface area contributed by atoms with Crippen molar-refractivity contribution in [2.24, 2.45) is 5.92 Å². The van der Waals surface area contributed by atoms with Crippen LogP contribution in [0.4, 0.5) is 0 Å². The molecule has 0 aromatic carbocycles. The minimum atomic E-state index is -0.233. The lowest BCUT2D eigenvalue weighted by Gasteiger charge is -2.21. The normalized spacial score (nSPS) is 12.4. The number of aryl methyl sites for hydroxylation is 1. The van der Waals surface area contributed by atoms with Crippen LogP contribution in [0, 0.1) is 12.8 Å². The molecular weight excluding hydrogens is 256 g/mol. The summed E-state index contributed by atoms with van der Waals surface area (Å²) in [5.41, 5.74) is 1.09. The van der Waals surface area contributed by atoms with Crippen molar-refractivity contribution in [3.63, 3.8) is 0 Å². The van der Waals surface area contributed by atoms with E-state index in [4.69, 9.17) is 0 Å². The quantitative estimate of drug-likeness (QED) is 0.873. The van der Waals surface area contributed by atoms with Gasteiger partial charge in [-0.05, 0) is 12.8 Å². The standard InChI is InChI=1S/C13H18N6O/c1-9(2)12(8-19-16-4-5-17-19)18-13(20)11-7-14-10(3)6-15-11/h4-7,9,12H,8H2,1-3H3,(H,18,20)/t12-/m1/s1. The van der Waals surface area contributed by atoms with Gasteiger partial charge in [0.25, 0.3) is 5.91 Å². The number of amides is 1.